The average Bonchev–Trinajstić information content (AvgIpc) is 2.80. The van der Waals surface area contributed by atoms with Crippen LogP contribution in [0.3, 0.4) is 0 Å². The van der Waals surface area contributed by atoms with Crippen molar-refractivity contribution < 1.29 is 37.1 Å². The molecular formula is C22H23F3N4O6. The molecule has 1 amide bonds. The number of rotatable bonds is 7. The van der Waals surface area contributed by atoms with Crippen molar-refractivity contribution in [2.45, 2.75) is 19.5 Å². The minimum Gasteiger partial charge on any atom is -0.467 e. The zero-order chi connectivity index (χ0) is 25.0. The number of hydrogen-bond acceptors (Lipinski definition) is 8. The lowest BCUT2D eigenvalue weighted by Crippen LogP contribution is -2.48. The van der Waals surface area contributed by atoms with Crippen LogP contribution in [0.4, 0.5) is 24.5 Å². The molecule has 10 nitrogen and oxygen atoms in total. The van der Waals surface area contributed by atoms with Crippen molar-refractivity contribution in [3.63, 3.8) is 0 Å². The number of hydrogen-bond donors (Lipinski definition) is 1. The number of amides is 1. The maximum Gasteiger partial charge on any atom is 0.573 e. The van der Waals surface area contributed by atoms with Crippen LogP contribution in [0.15, 0.2) is 36.4 Å². The van der Waals surface area contributed by atoms with Crippen LogP contribution in [-0.4, -0.2) is 66.5 Å². The molecule has 0 bridgehead atoms. The number of nitro benzene ring substituents is 1. The number of carbonyl (C=O) groups is 1. The first-order valence-electron chi connectivity index (χ1n) is 10.8. The topological polar surface area (TPSA) is 106 Å². The van der Waals surface area contributed by atoms with Crippen LogP contribution in [0, 0.1) is 10.1 Å². The van der Waals surface area contributed by atoms with Gasteiger partial charge in [-0.3, -0.25) is 24.7 Å². The molecule has 188 valence electrons. The van der Waals surface area contributed by atoms with Crippen LogP contribution < -0.4 is 14.8 Å². The van der Waals surface area contributed by atoms with Gasteiger partial charge in [0.15, 0.2) is 6.79 Å². The number of non-ortho nitro benzene ring substituents is 1. The monoisotopic (exact) mass is 496 g/mol. The van der Waals surface area contributed by atoms with Crippen molar-refractivity contribution in [1.82, 2.24) is 9.80 Å². The van der Waals surface area contributed by atoms with Gasteiger partial charge in [-0.25, -0.2) is 0 Å². The number of halogens is 3. The highest BCUT2D eigenvalue weighted by molar-refractivity contribution is 5.92. The third-order valence-electron chi connectivity index (χ3n) is 5.58. The molecule has 0 atom stereocenters. The van der Waals surface area contributed by atoms with Gasteiger partial charge in [0.25, 0.3) is 5.69 Å². The van der Waals surface area contributed by atoms with E-state index in [2.05, 4.69) is 15.0 Å². The van der Waals surface area contributed by atoms with E-state index in [1.807, 2.05) is 4.90 Å². The number of fused-ring (bicyclic) bond motifs is 1. The minimum absolute atomic E-state index is 0.0128. The molecule has 2 aromatic rings. The summed E-state index contributed by atoms with van der Waals surface area (Å²) in [6.07, 6.45) is -4.77. The standard InChI is InChI=1S/C22H23F3N4O6/c23-22(24,25)35-19-3-1-17(2-4-19)26-20(30)12-28-7-5-27(6-8-28)11-15-9-18(29(31)32)10-16-13-33-14-34-21(15)16/h1-4,9-10H,5-8,11-14H2,(H,26,30). The molecule has 2 heterocycles. The van der Waals surface area contributed by atoms with Crippen molar-refractivity contribution in [2.75, 3.05) is 44.8 Å². The summed E-state index contributed by atoms with van der Waals surface area (Å²) < 4.78 is 51.4. The Morgan fingerprint density at radius 2 is 1.80 bits per heavy atom. The lowest BCUT2D eigenvalue weighted by molar-refractivity contribution is -0.385. The molecule has 13 heteroatoms. The molecule has 0 radical (unpaired) electrons. The number of nitrogens with zero attached hydrogens (tertiary/aromatic N) is 3. The first kappa shape index (κ1) is 24.7. The smallest absolute Gasteiger partial charge is 0.467 e. The second-order valence-electron chi connectivity index (χ2n) is 8.13. The highest BCUT2D eigenvalue weighted by Gasteiger charge is 2.31. The maximum atomic E-state index is 12.4. The SMILES string of the molecule is O=C(CN1CCN(Cc2cc([N+](=O)[O-])cc3c2OCOC3)CC1)Nc1ccc(OC(F)(F)F)cc1. The predicted molar refractivity (Wildman–Crippen MR) is 117 cm³/mol. The Balaban J connectivity index is 1.27. The molecule has 2 aromatic carbocycles. The number of nitro groups is 1. The van der Waals surface area contributed by atoms with Crippen LogP contribution >= 0.6 is 0 Å². The number of alkyl halides is 3. The van der Waals surface area contributed by atoms with Gasteiger partial charge in [0.05, 0.1) is 18.1 Å². The zero-order valence-electron chi connectivity index (χ0n) is 18.5. The molecule has 0 aliphatic carbocycles. The van der Waals surface area contributed by atoms with Crippen LogP contribution in [0.2, 0.25) is 0 Å². The molecule has 2 aliphatic rings. The van der Waals surface area contributed by atoms with Crippen molar-refractivity contribution in [2.24, 2.45) is 0 Å². The number of benzene rings is 2. The molecule has 0 unspecified atom stereocenters. The Morgan fingerprint density at radius 3 is 2.46 bits per heavy atom. The molecule has 2 aliphatic heterocycles. The minimum atomic E-state index is -4.77. The fraction of sp³-hybridized carbons (Fsp3) is 0.409. The molecule has 4 rings (SSSR count). The quantitative estimate of drug-likeness (QED) is 0.461. The van der Waals surface area contributed by atoms with Crippen LogP contribution in [0.25, 0.3) is 0 Å². The number of piperazine rings is 1. The van der Waals surface area contributed by atoms with Crippen LogP contribution in [0.5, 0.6) is 11.5 Å². The Hall–Kier alpha value is -3.42. The van der Waals surface area contributed by atoms with E-state index in [-0.39, 0.29) is 37.3 Å². The number of carbonyl (C=O) groups excluding carboxylic acids is 1. The first-order valence-corrected chi connectivity index (χ1v) is 10.8. The molecule has 0 saturated carbocycles. The fourth-order valence-corrected chi connectivity index (χ4v) is 3.99. The van der Waals surface area contributed by atoms with Gasteiger partial charge in [0.2, 0.25) is 5.91 Å². The molecule has 1 fully saturated rings. The van der Waals surface area contributed by atoms with Gasteiger partial charge in [-0.05, 0) is 24.3 Å². The average molecular weight is 496 g/mol. The summed E-state index contributed by atoms with van der Waals surface area (Å²) in [7, 11) is 0. The van der Waals surface area contributed by atoms with E-state index < -0.39 is 11.3 Å². The number of ether oxygens (including phenoxy) is 3. The summed E-state index contributed by atoms with van der Waals surface area (Å²) in [5.74, 6) is -0.0334. The molecule has 0 aromatic heterocycles. The van der Waals surface area contributed by atoms with E-state index >= 15 is 0 Å². The third kappa shape index (κ3) is 6.81. The Labute approximate surface area is 198 Å². The van der Waals surface area contributed by atoms with Gasteiger partial charge < -0.3 is 19.5 Å². The van der Waals surface area contributed by atoms with Crippen molar-refractivity contribution in [1.29, 1.82) is 0 Å². The maximum absolute atomic E-state index is 12.4. The molecular weight excluding hydrogens is 473 g/mol. The van der Waals surface area contributed by atoms with Gasteiger partial charge in [0, 0.05) is 61.7 Å². The third-order valence-corrected chi connectivity index (χ3v) is 5.58. The van der Waals surface area contributed by atoms with Gasteiger partial charge in [-0.1, -0.05) is 0 Å². The van der Waals surface area contributed by atoms with Crippen LogP contribution in [-0.2, 0) is 22.7 Å². The van der Waals surface area contributed by atoms with E-state index in [9.17, 15) is 28.1 Å². The number of nitrogens with one attached hydrogen (secondary N) is 1. The summed E-state index contributed by atoms with van der Waals surface area (Å²) in [6, 6.07) is 7.92. The Kier molecular flexibility index (Phi) is 7.38. The van der Waals surface area contributed by atoms with E-state index in [1.54, 1.807) is 0 Å². The molecule has 1 saturated heterocycles. The largest absolute Gasteiger partial charge is 0.573 e. The van der Waals surface area contributed by atoms with E-state index in [4.69, 9.17) is 9.47 Å². The first-order chi connectivity index (χ1) is 16.7. The summed E-state index contributed by atoms with van der Waals surface area (Å²) >= 11 is 0. The second kappa shape index (κ2) is 10.5. The lowest BCUT2D eigenvalue weighted by atomic mass is 10.1. The van der Waals surface area contributed by atoms with Crippen molar-refractivity contribution in [3.05, 3.63) is 57.6 Å². The highest BCUT2D eigenvalue weighted by Crippen LogP contribution is 2.33. The van der Waals surface area contributed by atoms with Crippen molar-refractivity contribution in [3.8, 4) is 11.5 Å². The van der Waals surface area contributed by atoms with Gasteiger partial charge in [-0.2, -0.15) is 0 Å². The van der Waals surface area contributed by atoms with E-state index in [0.29, 0.717) is 49.7 Å². The van der Waals surface area contributed by atoms with E-state index in [0.717, 1.165) is 17.7 Å². The van der Waals surface area contributed by atoms with Gasteiger partial charge >= 0.3 is 6.36 Å². The summed E-state index contributed by atoms with van der Waals surface area (Å²) in [6.45, 7) is 3.44. The Bertz CT molecular complexity index is 1070. The summed E-state index contributed by atoms with van der Waals surface area (Å²) in [5, 5.41) is 14.0. The molecule has 0 spiro atoms. The Morgan fingerprint density at radius 1 is 1.11 bits per heavy atom. The predicted octanol–water partition coefficient (Wildman–Crippen LogP) is 3.12. The lowest BCUT2D eigenvalue weighted by Gasteiger charge is -2.34. The highest BCUT2D eigenvalue weighted by atomic mass is 19.4. The summed E-state index contributed by atoms with van der Waals surface area (Å²) in [4.78, 5) is 27.3. The van der Waals surface area contributed by atoms with Gasteiger partial charge in [0.1, 0.15) is 11.5 Å². The number of anilines is 1. The van der Waals surface area contributed by atoms with Gasteiger partial charge in [-0.15, -0.1) is 13.2 Å². The van der Waals surface area contributed by atoms with E-state index in [1.165, 1.54) is 24.3 Å². The fourth-order valence-electron chi connectivity index (χ4n) is 3.99. The molecule has 1 N–H and O–H groups in total. The zero-order valence-corrected chi connectivity index (χ0v) is 18.5. The second-order valence-corrected chi connectivity index (χ2v) is 8.13. The summed E-state index contributed by atoms with van der Waals surface area (Å²) in [5.41, 5.74) is 1.72. The van der Waals surface area contributed by atoms with Crippen LogP contribution in [0.1, 0.15) is 11.1 Å². The normalized spacial score (nSPS) is 16.8. The van der Waals surface area contributed by atoms with Crippen molar-refractivity contribution >= 4 is 17.3 Å². The molecule has 35 heavy (non-hydrogen) atoms.